The second-order valence-electron chi connectivity index (χ2n) is 4.37. The van der Waals surface area contributed by atoms with E-state index in [1.807, 2.05) is 32.0 Å². The minimum absolute atomic E-state index is 0.262. The summed E-state index contributed by atoms with van der Waals surface area (Å²) in [6, 6.07) is 5.89. The van der Waals surface area contributed by atoms with Gasteiger partial charge in [-0.3, -0.25) is 0 Å². The third kappa shape index (κ3) is 1.72. The summed E-state index contributed by atoms with van der Waals surface area (Å²) >= 11 is 0. The van der Waals surface area contributed by atoms with E-state index in [0.29, 0.717) is 0 Å². The first kappa shape index (κ1) is 10.1. The van der Waals surface area contributed by atoms with Gasteiger partial charge >= 0.3 is 0 Å². The minimum atomic E-state index is -0.262. The Kier molecular flexibility index (Phi) is 2.22. The molecular weight excluding hydrogens is 188 g/mol. The SMILES string of the molecule is C=C1Cc2cc(OC)ccc2OC1(C)C. The lowest BCUT2D eigenvalue weighted by atomic mass is 9.89. The van der Waals surface area contributed by atoms with E-state index in [-0.39, 0.29) is 5.60 Å². The summed E-state index contributed by atoms with van der Waals surface area (Å²) in [4.78, 5) is 0. The monoisotopic (exact) mass is 204 g/mol. The van der Waals surface area contributed by atoms with Gasteiger partial charge in [0.1, 0.15) is 17.1 Å². The quantitative estimate of drug-likeness (QED) is 0.655. The predicted octanol–water partition coefficient (Wildman–Crippen LogP) is 2.96. The Hall–Kier alpha value is -1.44. The number of ether oxygens (including phenoxy) is 2. The molecule has 2 nitrogen and oxygen atoms in total. The van der Waals surface area contributed by atoms with Crippen LogP contribution in [0, 0.1) is 0 Å². The zero-order valence-corrected chi connectivity index (χ0v) is 9.46. The van der Waals surface area contributed by atoms with Gasteiger partial charge in [0.15, 0.2) is 0 Å². The van der Waals surface area contributed by atoms with Crippen LogP contribution in [0.3, 0.4) is 0 Å². The van der Waals surface area contributed by atoms with E-state index in [1.165, 1.54) is 0 Å². The Morgan fingerprint density at radius 3 is 2.80 bits per heavy atom. The average Bonchev–Trinajstić information content (AvgIpc) is 2.19. The van der Waals surface area contributed by atoms with Gasteiger partial charge < -0.3 is 9.47 Å². The first-order chi connectivity index (χ1) is 7.03. The van der Waals surface area contributed by atoms with Crippen molar-refractivity contribution in [2.24, 2.45) is 0 Å². The van der Waals surface area contributed by atoms with Crippen molar-refractivity contribution in [3.8, 4) is 11.5 Å². The molecule has 0 aliphatic carbocycles. The molecule has 1 heterocycles. The van der Waals surface area contributed by atoms with Crippen molar-refractivity contribution in [1.82, 2.24) is 0 Å². The number of hydrogen-bond acceptors (Lipinski definition) is 2. The highest BCUT2D eigenvalue weighted by Gasteiger charge is 2.30. The van der Waals surface area contributed by atoms with Gasteiger partial charge in [-0.25, -0.2) is 0 Å². The lowest BCUT2D eigenvalue weighted by Crippen LogP contribution is -2.34. The van der Waals surface area contributed by atoms with Crippen molar-refractivity contribution >= 4 is 0 Å². The third-order valence-corrected chi connectivity index (χ3v) is 2.89. The fourth-order valence-electron chi connectivity index (χ4n) is 1.71. The van der Waals surface area contributed by atoms with Crippen LogP contribution in [0.4, 0.5) is 0 Å². The first-order valence-corrected chi connectivity index (χ1v) is 5.07. The molecule has 0 atom stereocenters. The van der Waals surface area contributed by atoms with Crippen molar-refractivity contribution in [2.75, 3.05) is 7.11 Å². The van der Waals surface area contributed by atoms with Gasteiger partial charge in [-0.2, -0.15) is 0 Å². The molecule has 0 saturated carbocycles. The molecule has 2 rings (SSSR count). The number of hydrogen-bond donors (Lipinski definition) is 0. The van der Waals surface area contributed by atoms with E-state index in [4.69, 9.17) is 9.47 Å². The van der Waals surface area contributed by atoms with Gasteiger partial charge in [0, 0.05) is 12.0 Å². The fraction of sp³-hybridized carbons (Fsp3) is 0.385. The van der Waals surface area contributed by atoms with Crippen LogP contribution >= 0.6 is 0 Å². The second kappa shape index (κ2) is 3.30. The summed E-state index contributed by atoms with van der Waals surface area (Å²) in [5.74, 6) is 1.80. The smallest absolute Gasteiger partial charge is 0.124 e. The van der Waals surface area contributed by atoms with Gasteiger partial charge in [0.05, 0.1) is 7.11 Å². The van der Waals surface area contributed by atoms with Gasteiger partial charge in [-0.1, -0.05) is 6.58 Å². The van der Waals surface area contributed by atoms with Gasteiger partial charge in [-0.15, -0.1) is 0 Å². The summed E-state index contributed by atoms with van der Waals surface area (Å²) in [6.45, 7) is 8.14. The number of fused-ring (bicyclic) bond motifs is 1. The first-order valence-electron chi connectivity index (χ1n) is 5.07. The summed E-state index contributed by atoms with van der Waals surface area (Å²) in [5.41, 5.74) is 1.99. The van der Waals surface area contributed by atoms with E-state index in [0.717, 1.165) is 29.1 Å². The zero-order chi connectivity index (χ0) is 11.1. The van der Waals surface area contributed by atoms with Crippen molar-refractivity contribution in [1.29, 1.82) is 0 Å². The molecule has 0 amide bonds. The highest BCUT2D eigenvalue weighted by molar-refractivity contribution is 5.46. The maximum absolute atomic E-state index is 5.88. The minimum Gasteiger partial charge on any atom is -0.497 e. The maximum atomic E-state index is 5.88. The Bertz CT molecular complexity index is 405. The van der Waals surface area contributed by atoms with Crippen LogP contribution in [0.2, 0.25) is 0 Å². The molecule has 2 heteroatoms. The zero-order valence-electron chi connectivity index (χ0n) is 9.46. The standard InChI is InChI=1S/C13H16O2/c1-9-7-10-8-11(14-4)5-6-12(10)15-13(9,2)3/h5-6,8H,1,7H2,2-4H3. The maximum Gasteiger partial charge on any atom is 0.124 e. The van der Waals surface area contributed by atoms with Crippen molar-refractivity contribution in [2.45, 2.75) is 25.9 Å². The normalized spacial score (nSPS) is 17.9. The van der Waals surface area contributed by atoms with Gasteiger partial charge in [-0.05, 0) is 37.6 Å². The van der Waals surface area contributed by atoms with Crippen LogP contribution in [0.25, 0.3) is 0 Å². The lowest BCUT2D eigenvalue weighted by molar-refractivity contribution is 0.134. The largest absolute Gasteiger partial charge is 0.497 e. The molecule has 0 unspecified atom stereocenters. The van der Waals surface area contributed by atoms with E-state index in [2.05, 4.69) is 6.58 Å². The Balaban J connectivity index is 2.41. The summed E-state index contributed by atoms with van der Waals surface area (Å²) in [6.07, 6.45) is 0.861. The highest BCUT2D eigenvalue weighted by atomic mass is 16.5. The molecule has 0 N–H and O–H groups in total. The molecular formula is C13H16O2. The van der Waals surface area contributed by atoms with E-state index < -0.39 is 0 Å². The van der Waals surface area contributed by atoms with E-state index >= 15 is 0 Å². The Morgan fingerprint density at radius 2 is 2.13 bits per heavy atom. The van der Waals surface area contributed by atoms with E-state index in [9.17, 15) is 0 Å². The molecule has 0 spiro atoms. The molecule has 80 valence electrons. The lowest BCUT2D eigenvalue weighted by Gasteiger charge is -2.34. The van der Waals surface area contributed by atoms with Crippen LogP contribution in [0.15, 0.2) is 30.4 Å². The number of benzene rings is 1. The summed E-state index contributed by atoms with van der Waals surface area (Å²) in [5, 5.41) is 0. The molecule has 0 radical (unpaired) electrons. The van der Waals surface area contributed by atoms with Crippen LogP contribution in [0.5, 0.6) is 11.5 Å². The van der Waals surface area contributed by atoms with Crippen molar-refractivity contribution in [3.63, 3.8) is 0 Å². The number of rotatable bonds is 1. The van der Waals surface area contributed by atoms with Gasteiger partial charge in [0.25, 0.3) is 0 Å². The van der Waals surface area contributed by atoms with Crippen molar-refractivity contribution < 1.29 is 9.47 Å². The van der Waals surface area contributed by atoms with Crippen LogP contribution in [0.1, 0.15) is 19.4 Å². The molecule has 15 heavy (non-hydrogen) atoms. The molecule has 1 aliphatic heterocycles. The van der Waals surface area contributed by atoms with E-state index in [1.54, 1.807) is 7.11 Å². The number of methoxy groups -OCH3 is 1. The molecule has 1 aromatic carbocycles. The van der Waals surface area contributed by atoms with Crippen LogP contribution in [-0.2, 0) is 6.42 Å². The molecule has 0 fully saturated rings. The molecule has 1 aromatic rings. The molecule has 1 aliphatic rings. The Morgan fingerprint density at radius 1 is 1.40 bits per heavy atom. The predicted molar refractivity (Wildman–Crippen MR) is 60.5 cm³/mol. The summed E-state index contributed by atoms with van der Waals surface area (Å²) < 4.78 is 11.1. The van der Waals surface area contributed by atoms with Gasteiger partial charge in [0.2, 0.25) is 0 Å². The van der Waals surface area contributed by atoms with Crippen molar-refractivity contribution in [3.05, 3.63) is 35.9 Å². The Labute approximate surface area is 90.5 Å². The van der Waals surface area contributed by atoms with Crippen LogP contribution < -0.4 is 9.47 Å². The molecule has 0 bridgehead atoms. The topological polar surface area (TPSA) is 18.5 Å². The highest BCUT2D eigenvalue weighted by Crippen LogP contribution is 2.37. The summed E-state index contributed by atoms with van der Waals surface area (Å²) in [7, 11) is 1.67. The second-order valence-corrected chi connectivity index (χ2v) is 4.37. The van der Waals surface area contributed by atoms with Crippen LogP contribution in [-0.4, -0.2) is 12.7 Å². The molecule has 0 saturated heterocycles. The fourth-order valence-corrected chi connectivity index (χ4v) is 1.71. The molecule has 0 aromatic heterocycles. The third-order valence-electron chi connectivity index (χ3n) is 2.89. The average molecular weight is 204 g/mol.